The van der Waals surface area contributed by atoms with Gasteiger partial charge < -0.3 is 25.4 Å². The zero-order chi connectivity index (χ0) is 25.4. The molecule has 2 fully saturated rings. The highest BCUT2D eigenvalue weighted by Gasteiger charge is 2.51. The Morgan fingerprint density at radius 1 is 1.19 bits per heavy atom. The summed E-state index contributed by atoms with van der Waals surface area (Å²) < 4.78 is 40.6. The third kappa shape index (κ3) is 4.90. The van der Waals surface area contributed by atoms with Gasteiger partial charge in [0, 0.05) is 18.1 Å². The number of ether oxygens (including phenoxy) is 2. The molecule has 194 valence electrons. The molecule has 5 rings (SSSR count). The lowest BCUT2D eigenvalue weighted by Crippen LogP contribution is -2.37. The summed E-state index contributed by atoms with van der Waals surface area (Å²) in [5.74, 6) is -0.872. The summed E-state index contributed by atoms with van der Waals surface area (Å²) in [5.41, 5.74) is 7.49. The molecular formula is C23H28F2N6O4S. The first kappa shape index (κ1) is 25.2. The van der Waals surface area contributed by atoms with E-state index in [9.17, 15) is 19.0 Å². The molecule has 0 bridgehead atoms. The molecule has 10 nitrogen and oxygen atoms in total. The van der Waals surface area contributed by atoms with Gasteiger partial charge >= 0.3 is 0 Å². The number of rotatable bonds is 10. The summed E-state index contributed by atoms with van der Waals surface area (Å²) in [4.78, 5) is 8.86. The lowest BCUT2D eigenvalue weighted by Gasteiger charge is -2.23. The van der Waals surface area contributed by atoms with Gasteiger partial charge in [-0.2, -0.15) is 0 Å². The molecule has 1 aromatic carbocycles. The van der Waals surface area contributed by atoms with Crippen molar-refractivity contribution in [2.24, 2.45) is 0 Å². The Morgan fingerprint density at radius 3 is 2.78 bits per heavy atom. The second-order valence-corrected chi connectivity index (χ2v) is 10.1. The molecule has 2 aliphatic rings. The van der Waals surface area contributed by atoms with Crippen LogP contribution in [0.2, 0.25) is 0 Å². The first-order valence-electron chi connectivity index (χ1n) is 11.9. The molecule has 2 heterocycles. The van der Waals surface area contributed by atoms with E-state index in [0.717, 1.165) is 18.2 Å². The van der Waals surface area contributed by atoms with Crippen LogP contribution in [0.15, 0.2) is 23.4 Å². The van der Waals surface area contributed by atoms with E-state index >= 15 is 0 Å². The predicted molar refractivity (Wildman–Crippen MR) is 127 cm³/mol. The number of nitrogens with two attached hydrogens (primary N) is 1. The van der Waals surface area contributed by atoms with Crippen LogP contribution >= 0.6 is 11.8 Å². The quantitative estimate of drug-likeness (QED) is 0.268. The molecule has 36 heavy (non-hydrogen) atoms. The fourth-order valence-electron chi connectivity index (χ4n) is 4.66. The van der Waals surface area contributed by atoms with Gasteiger partial charge in [0.2, 0.25) is 0 Å². The topological polar surface area (TPSA) is 141 Å². The average Bonchev–Trinajstić information content (AvgIpc) is 3.40. The normalized spacial score (nSPS) is 27.7. The van der Waals surface area contributed by atoms with Crippen LogP contribution in [0.4, 0.5) is 14.6 Å². The largest absolute Gasteiger partial charge is 0.394 e. The number of halogens is 2. The SMILES string of the molecule is CCCSc1nc(N)c2nnn(C3CC(OCCO)C(OC4CC4c4ccc(F)c(F)c4)C3O)c2n1. The third-order valence-electron chi connectivity index (χ3n) is 6.51. The number of aromatic nitrogens is 5. The summed E-state index contributed by atoms with van der Waals surface area (Å²) in [7, 11) is 0. The Balaban J connectivity index is 1.37. The number of nitrogens with zero attached hydrogens (tertiary/aromatic N) is 5. The van der Waals surface area contributed by atoms with Crippen molar-refractivity contribution >= 4 is 28.7 Å². The van der Waals surface area contributed by atoms with Gasteiger partial charge in [0.15, 0.2) is 33.8 Å². The molecule has 0 saturated heterocycles. The fourth-order valence-corrected chi connectivity index (χ4v) is 5.36. The number of anilines is 1. The molecule has 4 N–H and O–H groups in total. The maximum atomic E-state index is 13.7. The van der Waals surface area contributed by atoms with E-state index in [4.69, 9.17) is 15.2 Å². The summed E-state index contributed by atoms with van der Waals surface area (Å²) >= 11 is 1.47. The maximum Gasteiger partial charge on any atom is 0.191 e. The van der Waals surface area contributed by atoms with Crippen molar-refractivity contribution in [3.63, 3.8) is 0 Å². The van der Waals surface area contributed by atoms with Gasteiger partial charge in [-0.3, -0.25) is 0 Å². The zero-order valence-corrected chi connectivity index (χ0v) is 20.4. The molecule has 2 saturated carbocycles. The summed E-state index contributed by atoms with van der Waals surface area (Å²) in [5, 5.41) is 29.4. The van der Waals surface area contributed by atoms with E-state index in [1.54, 1.807) is 6.07 Å². The summed E-state index contributed by atoms with van der Waals surface area (Å²) in [6.07, 6.45) is -0.664. The van der Waals surface area contributed by atoms with Crippen LogP contribution < -0.4 is 5.73 Å². The van der Waals surface area contributed by atoms with Gasteiger partial charge in [0.25, 0.3) is 0 Å². The van der Waals surface area contributed by atoms with E-state index in [-0.39, 0.29) is 31.1 Å². The monoisotopic (exact) mass is 522 g/mol. The molecule has 3 aromatic rings. The molecule has 0 amide bonds. The van der Waals surface area contributed by atoms with Gasteiger partial charge in [0.1, 0.15) is 12.2 Å². The molecule has 13 heteroatoms. The predicted octanol–water partition coefficient (Wildman–Crippen LogP) is 2.21. The molecule has 6 unspecified atom stereocenters. The van der Waals surface area contributed by atoms with Gasteiger partial charge in [-0.05, 0) is 30.5 Å². The molecule has 0 aliphatic heterocycles. The van der Waals surface area contributed by atoms with Crippen LogP contribution in [0.3, 0.4) is 0 Å². The summed E-state index contributed by atoms with van der Waals surface area (Å²) in [6, 6.07) is 3.25. The van der Waals surface area contributed by atoms with Crippen molar-refractivity contribution in [2.45, 2.75) is 67.7 Å². The number of nitrogen functional groups attached to an aromatic ring is 1. The van der Waals surface area contributed by atoms with Crippen LogP contribution in [0.25, 0.3) is 11.2 Å². The minimum absolute atomic E-state index is 0.0757. The highest BCUT2D eigenvalue weighted by molar-refractivity contribution is 7.99. The van der Waals surface area contributed by atoms with E-state index in [1.807, 2.05) is 0 Å². The Kier molecular flexibility index (Phi) is 7.35. The summed E-state index contributed by atoms with van der Waals surface area (Å²) in [6.45, 7) is 1.95. The van der Waals surface area contributed by atoms with Crippen molar-refractivity contribution in [3.05, 3.63) is 35.4 Å². The lowest BCUT2D eigenvalue weighted by atomic mass is 10.1. The van der Waals surface area contributed by atoms with Gasteiger partial charge in [-0.1, -0.05) is 30.0 Å². The van der Waals surface area contributed by atoms with E-state index in [1.165, 1.54) is 22.5 Å². The average molecular weight is 523 g/mol. The number of benzene rings is 1. The van der Waals surface area contributed by atoms with Crippen LogP contribution in [-0.4, -0.2) is 78.6 Å². The molecule has 0 radical (unpaired) electrons. The third-order valence-corrected chi connectivity index (χ3v) is 7.56. The van der Waals surface area contributed by atoms with Crippen molar-refractivity contribution in [1.82, 2.24) is 25.0 Å². The van der Waals surface area contributed by atoms with Crippen molar-refractivity contribution in [2.75, 3.05) is 24.7 Å². The fraction of sp³-hybridized carbons (Fsp3) is 0.565. The Labute approximate surface area is 210 Å². The Bertz CT molecular complexity index is 1230. The van der Waals surface area contributed by atoms with Gasteiger partial charge in [-0.15, -0.1) is 5.10 Å². The van der Waals surface area contributed by atoms with Crippen LogP contribution in [0.1, 0.15) is 43.7 Å². The van der Waals surface area contributed by atoms with E-state index < -0.39 is 36.0 Å². The first-order chi connectivity index (χ1) is 17.4. The Morgan fingerprint density at radius 2 is 2.03 bits per heavy atom. The van der Waals surface area contributed by atoms with Crippen LogP contribution in [0.5, 0.6) is 0 Å². The first-order valence-corrected chi connectivity index (χ1v) is 12.9. The Hall–Kier alpha value is -2.45. The van der Waals surface area contributed by atoms with E-state index in [2.05, 4.69) is 27.2 Å². The lowest BCUT2D eigenvalue weighted by molar-refractivity contribution is -0.105. The van der Waals surface area contributed by atoms with Gasteiger partial charge in [0.05, 0.1) is 31.5 Å². The highest BCUT2D eigenvalue weighted by Crippen LogP contribution is 2.47. The molecule has 0 spiro atoms. The molecule has 2 aromatic heterocycles. The maximum absolute atomic E-state index is 13.7. The van der Waals surface area contributed by atoms with Crippen LogP contribution in [0, 0.1) is 11.6 Å². The van der Waals surface area contributed by atoms with Gasteiger partial charge in [-0.25, -0.2) is 23.4 Å². The molecule has 6 atom stereocenters. The van der Waals surface area contributed by atoms with Crippen LogP contribution in [-0.2, 0) is 9.47 Å². The van der Waals surface area contributed by atoms with E-state index in [0.29, 0.717) is 34.7 Å². The zero-order valence-electron chi connectivity index (χ0n) is 19.6. The number of fused-ring (bicyclic) bond motifs is 1. The van der Waals surface area contributed by atoms with Crippen molar-refractivity contribution in [1.29, 1.82) is 0 Å². The number of aliphatic hydroxyl groups is 2. The minimum Gasteiger partial charge on any atom is -0.394 e. The number of aliphatic hydroxyl groups excluding tert-OH is 2. The standard InChI is InChI=1S/C23H28F2N6O4S/c1-2-7-36-23-27-21(26)18-22(28-23)31(30-29-18)15-10-17(34-6-5-32)20(19(15)33)35-16-9-12(16)11-3-4-13(24)14(25)8-11/h3-4,8,12,15-17,19-20,32-33H,2,5-7,9-10H2,1H3,(H2,26,27,28). The van der Waals surface area contributed by atoms with Crippen molar-refractivity contribution in [3.8, 4) is 0 Å². The highest BCUT2D eigenvalue weighted by atomic mass is 32.2. The molecule has 2 aliphatic carbocycles. The molecular weight excluding hydrogens is 494 g/mol. The number of hydrogen-bond donors (Lipinski definition) is 3. The second kappa shape index (κ2) is 10.5. The number of thioether (sulfide) groups is 1. The van der Waals surface area contributed by atoms with Crippen molar-refractivity contribution < 1.29 is 28.5 Å². The second-order valence-electron chi connectivity index (χ2n) is 9.03. The minimum atomic E-state index is -1.02. The number of hydrogen-bond acceptors (Lipinski definition) is 10. The smallest absolute Gasteiger partial charge is 0.191 e.